The highest BCUT2D eigenvalue weighted by Gasteiger charge is 2.22. The lowest BCUT2D eigenvalue weighted by molar-refractivity contribution is -0.130. The maximum atomic E-state index is 11.5. The van der Waals surface area contributed by atoms with Crippen molar-refractivity contribution in [3.8, 4) is 11.5 Å². The summed E-state index contributed by atoms with van der Waals surface area (Å²) in [5.74, 6) is 1.37. The van der Waals surface area contributed by atoms with Gasteiger partial charge in [0, 0.05) is 38.6 Å². The van der Waals surface area contributed by atoms with Crippen LogP contribution in [-0.4, -0.2) is 43.8 Å². The number of carbonyl (C=O) groups excluding carboxylic acids is 1. The van der Waals surface area contributed by atoms with Gasteiger partial charge in [0.25, 0.3) is 0 Å². The number of H-pyrrole nitrogens is 1. The second-order valence-corrected chi connectivity index (χ2v) is 5.51. The third-order valence-electron chi connectivity index (χ3n) is 3.91. The molecule has 2 aromatic rings. The van der Waals surface area contributed by atoms with E-state index in [0.29, 0.717) is 5.92 Å². The summed E-state index contributed by atoms with van der Waals surface area (Å²) in [7, 11) is 0. The molecule has 1 aliphatic heterocycles. The Kier molecular flexibility index (Phi) is 3.94. The number of piperidine rings is 1. The zero-order valence-corrected chi connectivity index (χ0v) is 12.1. The fraction of sp³-hybridized carbons (Fsp3) is 0.467. The highest BCUT2D eigenvalue weighted by molar-refractivity contribution is 5.73. The molecule has 0 radical (unpaired) electrons. The summed E-state index contributed by atoms with van der Waals surface area (Å²) >= 11 is 0. The summed E-state index contributed by atoms with van der Waals surface area (Å²) in [5, 5.41) is 0. The number of carbonyl (C=O) groups is 1. The van der Waals surface area contributed by atoms with E-state index in [9.17, 15) is 4.79 Å². The summed E-state index contributed by atoms with van der Waals surface area (Å²) in [6.45, 7) is 3.35. The van der Waals surface area contributed by atoms with E-state index in [0.717, 1.165) is 49.6 Å². The molecule has 3 heterocycles. The van der Waals surface area contributed by atoms with Gasteiger partial charge in [-0.2, -0.15) is 0 Å². The summed E-state index contributed by atoms with van der Waals surface area (Å²) in [6, 6.07) is 0. The molecule has 0 bridgehead atoms. The Hall–Kier alpha value is -2.24. The topological polar surface area (TPSA) is 74.8 Å². The molecule has 0 unspecified atom stereocenters. The van der Waals surface area contributed by atoms with Gasteiger partial charge in [0.1, 0.15) is 5.69 Å². The molecule has 1 atom stereocenters. The van der Waals surface area contributed by atoms with Crippen molar-refractivity contribution in [2.45, 2.75) is 26.2 Å². The number of likely N-dealkylation sites (tertiary alicyclic amines) is 1. The largest absolute Gasteiger partial charge is 0.343 e. The van der Waals surface area contributed by atoms with Crippen LogP contribution in [0, 0.1) is 5.92 Å². The molecule has 0 saturated carbocycles. The molecular weight excluding hydrogens is 266 g/mol. The molecule has 1 N–H and O–H groups in total. The first-order valence-electron chi connectivity index (χ1n) is 7.28. The fourth-order valence-electron chi connectivity index (χ4n) is 2.80. The number of aromatic amines is 1. The molecule has 21 heavy (non-hydrogen) atoms. The predicted octanol–water partition coefficient (Wildman–Crippen LogP) is 1.67. The summed E-state index contributed by atoms with van der Waals surface area (Å²) < 4.78 is 0. The minimum Gasteiger partial charge on any atom is -0.343 e. The molecule has 110 valence electrons. The Morgan fingerprint density at radius 3 is 2.95 bits per heavy atom. The average molecular weight is 285 g/mol. The quantitative estimate of drug-likeness (QED) is 0.930. The Balaban J connectivity index is 1.64. The van der Waals surface area contributed by atoms with Crippen molar-refractivity contribution in [1.29, 1.82) is 0 Å². The molecule has 1 fully saturated rings. The number of hydrogen-bond donors (Lipinski definition) is 1. The minimum absolute atomic E-state index is 0.166. The second kappa shape index (κ2) is 6.03. The number of imidazole rings is 1. The van der Waals surface area contributed by atoms with Gasteiger partial charge in [-0.15, -0.1) is 0 Å². The second-order valence-electron chi connectivity index (χ2n) is 5.51. The van der Waals surface area contributed by atoms with Crippen molar-refractivity contribution in [2.75, 3.05) is 13.1 Å². The summed E-state index contributed by atoms with van der Waals surface area (Å²) in [4.78, 5) is 29.4. The SMILES string of the molecule is CC(=O)N1CCC[C@H](Cc2cnc(-c3ncc[nH]3)cn2)C1. The van der Waals surface area contributed by atoms with Crippen LogP contribution in [0.5, 0.6) is 0 Å². The molecule has 6 nitrogen and oxygen atoms in total. The first kappa shape index (κ1) is 13.7. The third-order valence-corrected chi connectivity index (χ3v) is 3.91. The van der Waals surface area contributed by atoms with E-state index in [1.54, 1.807) is 25.5 Å². The van der Waals surface area contributed by atoms with Crippen LogP contribution in [0.2, 0.25) is 0 Å². The van der Waals surface area contributed by atoms with Gasteiger partial charge in [-0.05, 0) is 25.2 Å². The highest BCUT2D eigenvalue weighted by atomic mass is 16.2. The Bertz CT molecular complexity index is 593. The molecule has 0 spiro atoms. The molecule has 2 aromatic heterocycles. The van der Waals surface area contributed by atoms with E-state index >= 15 is 0 Å². The van der Waals surface area contributed by atoms with Crippen molar-refractivity contribution in [2.24, 2.45) is 5.92 Å². The predicted molar refractivity (Wildman–Crippen MR) is 78.3 cm³/mol. The smallest absolute Gasteiger partial charge is 0.219 e. The maximum absolute atomic E-state index is 11.5. The normalized spacial score (nSPS) is 18.7. The number of hydrogen-bond acceptors (Lipinski definition) is 4. The van der Waals surface area contributed by atoms with Crippen molar-refractivity contribution < 1.29 is 4.79 Å². The van der Waals surface area contributed by atoms with Gasteiger partial charge in [-0.25, -0.2) is 9.97 Å². The van der Waals surface area contributed by atoms with E-state index in [1.165, 1.54) is 0 Å². The number of rotatable bonds is 3. The van der Waals surface area contributed by atoms with Crippen molar-refractivity contribution >= 4 is 5.91 Å². The number of aromatic nitrogens is 4. The molecule has 3 rings (SSSR count). The molecule has 1 amide bonds. The summed E-state index contributed by atoms with van der Waals surface area (Å²) in [5.41, 5.74) is 1.72. The number of amides is 1. The van der Waals surface area contributed by atoms with Crippen LogP contribution < -0.4 is 0 Å². The van der Waals surface area contributed by atoms with Gasteiger partial charge in [0.15, 0.2) is 5.82 Å². The van der Waals surface area contributed by atoms with Crippen LogP contribution in [0.4, 0.5) is 0 Å². The molecule has 1 aliphatic rings. The van der Waals surface area contributed by atoms with Gasteiger partial charge >= 0.3 is 0 Å². The molecular formula is C15H19N5O. The Morgan fingerprint density at radius 2 is 2.29 bits per heavy atom. The molecule has 1 saturated heterocycles. The lowest BCUT2D eigenvalue weighted by atomic mass is 9.93. The van der Waals surface area contributed by atoms with Crippen LogP contribution in [0.15, 0.2) is 24.8 Å². The fourth-order valence-corrected chi connectivity index (χ4v) is 2.80. The molecule has 6 heteroatoms. The first-order chi connectivity index (χ1) is 10.2. The van der Waals surface area contributed by atoms with Crippen molar-refractivity contribution in [3.05, 3.63) is 30.5 Å². The lowest BCUT2D eigenvalue weighted by Gasteiger charge is -2.31. The summed E-state index contributed by atoms with van der Waals surface area (Å²) in [6.07, 6.45) is 10.1. The Morgan fingerprint density at radius 1 is 1.38 bits per heavy atom. The third kappa shape index (κ3) is 3.26. The lowest BCUT2D eigenvalue weighted by Crippen LogP contribution is -2.39. The van der Waals surface area contributed by atoms with E-state index in [2.05, 4.69) is 19.9 Å². The minimum atomic E-state index is 0.166. The van der Waals surface area contributed by atoms with Gasteiger partial charge in [0.2, 0.25) is 5.91 Å². The van der Waals surface area contributed by atoms with Crippen LogP contribution in [0.25, 0.3) is 11.5 Å². The van der Waals surface area contributed by atoms with Crippen LogP contribution in [0.1, 0.15) is 25.5 Å². The van der Waals surface area contributed by atoms with E-state index in [-0.39, 0.29) is 5.91 Å². The first-order valence-corrected chi connectivity index (χ1v) is 7.28. The van der Waals surface area contributed by atoms with Gasteiger partial charge in [-0.3, -0.25) is 9.78 Å². The van der Waals surface area contributed by atoms with Gasteiger partial charge in [0.05, 0.1) is 11.9 Å². The van der Waals surface area contributed by atoms with E-state index in [1.807, 2.05) is 11.1 Å². The number of nitrogens with zero attached hydrogens (tertiary/aromatic N) is 4. The average Bonchev–Trinajstić information content (AvgIpc) is 3.02. The number of nitrogens with one attached hydrogen (secondary N) is 1. The Labute approximate surface area is 123 Å². The molecule has 0 aliphatic carbocycles. The maximum Gasteiger partial charge on any atom is 0.219 e. The highest BCUT2D eigenvalue weighted by Crippen LogP contribution is 2.20. The van der Waals surface area contributed by atoms with Crippen LogP contribution in [-0.2, 0) is 11.2 Å². The van der Waals surface area contributed by atoms with Crippen LogP contribution in [0.3, 0.4) is 0 Å². The van der Waals surface area contributed by atoms with Gasteiger partial charge in [-0.1, -0.05) is 0 Å². The monoisotopic (exact) mass is 285 g/mol. The van der Waals surface area contributed by atoms with Gasteiger partial charge < -0.3 is 9.88 Å². The van der Waals surface area contributed by atoms with Crippen molar-refractivity contribution in [1.82, 2.24) is 24.8 Å². The standard InChI is InChI=1S/C15H19N5O/c1-11(21)20-6-2-3-12(10-20)7-13-8-19-14(9-18-13)15-16-4-5-17-15/h4-5,8-9,12H,2-3,6-7,10H2,1H3,(H,16,17)/t12-/m1/s1. The van der Waals surface area contributed by atoms with Crippen molar-refractivity contribution in [3.63, 3.8) is 0 Å². The molecule has 0 aromatic carbocycles. The van der Waals surface area contributed by atoms with E-state index in [4.69, 9.17) is 0 Å². The zero-order chi connectivity index (χ0) is 14.7. The van der Waals surface area contributed by atoms with Crippen LogP contribution >= 0.6 is 0 Å². The van der Waals surface area contributed by atoms with E-state index < -0.39 is 0 Å². The zero-order valence-electron chi connectivity index (χ0n) is 12.1.